The molecule has 1 amide bonds. The molecule has 0 aromatic carbocycles. The molecule has 0 aromatic rings. The molecule has 0 aliphatic heterocycles. The fourth-order valence-corrected chi connectivity index (χ4v) is 0.917. The van der Waals surface area contributed by atoms with Crippen LogP contribution in [0.1, 0.15) is 0 Å². The standard InChI is InChI=1S/C6H8N2OS2/c1-8-5(9)4(3-7)6(10)11-2/h10H,1-2H3,(H,8,9)/b6-4+. The first-order chi connectivity index (χ1) is 5.17. The monoisotopic (exact) mass is 188 g/mol. The summed E-state index contributed by atoms with van der Waals surface area (Å²) in [5, 5.41) is 10.8. The zero-order chi connectivity index (χ0) is 8.85. The van der Waals surface area contributed by atoms with Gasteiger partial charge in [0.2, 0.25) is 0 Å². The lowest BCUT2D eigenvalue weighted by Gasteiger charge is -1.98. The second-order valence-electron chi connectivity index (χ2n) is 1.58. The van der Waals surface area contributed by atoms with E-state index in [-0.39, 0.29) is 5.57 Å². The Bertz CT molecular complexity index is 229. The van der Waals surface area contributed by atoms with Crippen LogP contribution in [0.3, 0.4) is 0 Å². The molecule has 60 valence electrons. The van der Waals surface area contributed by atoms with Crippen LogP contribution < -0.4 is 5.32 Å². The summed E-state index contributed by atoms with van der Waals surface area (Å²) in [4.78, 5) is 10.9. The normalized spacial score (nSPS) is 11.5. The van der Waals surface area contributed by atoms with E-state index in [2.05, 4.69) is 17.9 Å². The van der Waals surface area contributed by atoms with E-state index in [1.54, 1.807) is 12.3 Å². The molecular weight excluding hydrogens is 180 g/mol. The van der Waals surface area contributed by atoms with Crippen molar-refractivity contribution < 1.29 is 4.79 Å². The third-order valence-corrected chi connectivity index (χ3v) is 2.34. The highest BCUT2D eigenvalue weighted by molar-refractivity contribution is 8.15. The Morgan fingerprint density at radius 1 is 1.73 bits per heavy atom. The minimum absolute atomic E-state index is 0.0586. The quantitative estimate of drug-likeness (QED) is 0.382. The molecule has 0 fully saturated rings. The van der Waals surface area contributed by atoms with E-state index in [0.717, 1.165) is 0 Å². The molecule has 0 radical (unpaired) electrons. The molecule has 0 saturated carbocycles. The lowest BCUT2D eigenvalue weighted by molar-refractivity contribution is -0.116. The van der Waals surface area contributed by atoms with E-state index in [4.69, 9.17) is 5.26 Å². The van der Waals surface area contributed by atoms with Crippen LogP contribution in [0.2, 0.25) is 0 Å². The molecule has 0 aliphatic rings. The molecule has 5 heteroatoms. The Kier molecular flexibility index (Phi) is 4.83. The summed E-state index contributed by atoms with van der Waals surface area (Å²) in [6, 6.07) is 1.77. The van der Waals surface area contributed by atoms with E-state index >= 15 is 0 Å². The Morgan fingerprint density at radius 3 is 2.55 bits per heavy atom. The number of carbonyl (C=O) groups is 1. The van der Waals surface area contributed by atoms with E-state index < -0.39 is 5.91 Å². The average Bonchev–Trinajstić information content (AvgIpc) is 2.05. The lowest BCUT2D eigenvalue weighted by Crippen LogP contribution is -2.19. The van der Waals surface area contributed by atoms with Gasteiger partial charge < -0.3 is 5.32 Å². The van der Waals surface area contributed by atoms with Gasteiger partial charge in [0.15, 0.2) is 0 Å². The highest BCUT2D eigenvalue weighted by atomic mass is 32.2. The predicted octanol–water partition coefficient (Wildman–Crippen LogP) is 0.760. The average molecular weight is 188 g/mol. The molecular formula is C6H8N2OS2. The van der Waals surface area contributed by atoms with Crippen LogP contribution >= 0.6 is 24.4 Å². The smallest absolute Gasteiger partial charge is 0.263 e. The second-order valence-corrected chi connectivity index (χ2v) is 3.14. The molecule has 0 saturated heterocycles. The van der Waals surface area contributed by atoms with Gasteiger partial charge in [-0.15, -0.1) is 24.4 Å². The molecule has 0 unspecified atom stereocenters. The number of carbonyl (C=O) groups excluding carboxylic acids is 1. The van der Waals surface area contributed by atoms with Crippen molar-refractivity contribution in [2.45, 2.75) is 0 Å². The van der Waals surface area contributed by atoms with Crippen LogP contribution in [0, 0.1) is 11.3 Å². The van der Waals surface area contributed by atoms with Crippen molar-refractivity contribution in [2.75, 3.05) is 13.3 Å². The van der Waals surface area contributed by atoms with E-state index in [1.807, 2.05) is 0 Å². The van der Waals surface area contributed by atoms with Crippen molar-refractivity contribution in [3.63, 3.8) is 0 Å². The van der Waals surface area contributed by atoms with Gasteiger partial charge in [0.25, 0.3) is 5.91 Å². The molecule has 0 rings (SSSR count). The Balaban J connectivity index is 4.69. The number of likely N-dealkylation sites (N-methyl/N-ethyl adjacent to an activating group) is 1. The number of nitriles is 1. The van der Waals surface area contributed by atoms with Gasteiger partial charge in [-0.1, -0.05) is 0 Å². The van der Waals surface area contributed by atoms with Gasteiger partial charge in [0.1, 0.15) is 11.6 Å². The van der Waals surface area contributed by atoms with Gasteiger partial charge in [0, 0.05) is 7.05 Å². The van der Waals surface area contributed by atoms with Gasteiger partial charge in [-0.2, -0.15) is 5.26 Å². The highest BCUT2D eigenvalue weighted by Crippen LogP contribution is 2.19. The number of hydrogen-bond donors (Lipinski definition) is 2. The van der Waals surface area contributed by atoms with E-state index in [0.29, 0.717) is 4.24 Å². The summed E-state index contributed by atoms with van der Waals surface area (Å²) in [5.74, 6) is -0.396. The first kappa shape index (κ1) is 10.4. The van der Waals surface area contributed by atoms with E-state index in [9.17, 15) is 4.79 Å². The maximum Gasteiger partial charge on any atom is 0.263 e. The molecule has 3 nitrogen and oxygen atoms in total. The maximum absolute atomic E-state index is 10.9. The number of nitrogens with one attached hydrogen (secondary N) is 1. The number of thioether (sulfide) groups is 1. The first-order valence-electron chi connectivity index (χ1n) is 2.76. The summed E-state index contributed by atoms with van der Waals surface area (Å²) in [6.45, 7) is 0. The Morgan fingerprint density at radius 2 is 2.27 bits per heavy atom. The van der Waals surface area contributed by atoms with Crippen molar-refractivity contribution in [3.05, 3.63) is 9.81 Å². The third kappa shape index (κ3) is 2.87. The summed E-state index contributed by atoms with van der Waals surface area (Å²) < 4.78 is 0.437. The summed E-state index contributed by atoms with van der Waals surface area (Å²) in [6.07, 6.45) is 1.75. The molecule has 0 atom stereocenters. The SMILES string of the molecule is CNC(=O)/C(C#N)=C(\S)SC. The summed E-state index contributed by atoms with van der Waals surface area (Å²) in [5.41, 5.74) is 0.0586. The van der Waals surface area contributed by atoms with Gasteiger partial charge in [-0.25, -0.2) is 0 Å². The molecule has 0 spiro atoms. The van der Waals surface area contributed by atoms with E-state index in [1.165, 1.54) is 18.8 Å². The minimum Gasteiger partial charge on any atom is -0.354 e. The van der Waals surface area contributed by atoms with Crippen molar-refractivity contribution in [2.24, 2.45) is 0 Å². The van der Waals surface area contributed by atoms with Gasteiger partial charge in [-0.3, -0.25) is 4.79 Å². The number of nitrogens with zero attached hydrogens (tertiary/aromatic N) is 1. The number of rotatable bonds is 2. The Hall–Kier alpha value is -0.600. The Labute approximate surface area is 75.3 Å². The van der Waals surface area contributed by atoms with Gasteiger partial charge in [-0.05, 0) is 6.26 Å². The minimum atomic E-state index is -0.396. The van der Waals surface area contributed by atoms with Crippen molar-refractivity contribution in [1.29, 1.82) is 5.26 Å². The topological polar surface area (TPSA) is 52.9 Å². The van der Waals surface area contributed by atoms with Crippen molar-refractivity contribution >= 4 is 30.3 Å². The zero-order valence-corrected chi connectivity index (χ0v) is 7.92. The third-order valence-electron chi connectivity index (χ3n) is 0.973. The predicted molar refractivity (Wildman–Crippen MR) is 49.2 cm³/mol. The summed E-state index contributed by atoms with van der Waals surface area (Å²) in [7, 11) is 1.47. The molecule has 0 bridgehead atoms. The highest BCUT2D eigenvalue weighted by Gasteiger charge is 2.09. The van der Waals surface area contributed by atoms with Gasteiger partial charge >= 0.3 is 0 Å². The molecule has 1 N–H and O–H groups in total. The molecule has 11 heavy (non-hydrogen) atoms. The van der Waals surface area contributed by atoms with Crippen LogP contribution in [-0.4, -0.2) is 19.2 Å². The molecule has 0 aliphatic carbocycles. The summed E-state index contributed by atoms with van der Waals surface area (Å²) >= 11 is 5.22. The van der Waals surface area contributed by atoms with Crippen molar-refractivity contribution in [3.8, 4) is 6.07 Å². The second kappa shape index (κ2) is 5.10. The van der Waals surface area contributed by atoms with Crippen LogP contribution in [-0.2, 0) is 4.79 Å². The lowest BCUT2D eigenvalue weighted by atomic mass is 10.3. The number of amides is 1. The zero-order valence-electron chi connectivity index (χ0n) is 6.21. The largest absolute Gasteiger partial charge is 0.354 e. The fraction of sp³-hybridized carbons (Fsp3) is 0.333. The van der Waals surface area contributed by atoms with Crippen LogP contribution in [0.25, 0.3) is 0 Å². The number of thiol groups is 1. The maximum atomic E-state index is 10.9. The van der Waals surface area contributed by atoms with Gasteiger partial charge in [0.05, 0.1) is 4.24 Å². The number of hydrogen-bond acceptors (Lipinski definition) is 4. The fourth-order valence-electron chi connectivity index (χ4n) is 0.423. The van der Waals surface area contributed by atoms with Crippen molar-refractivity contribution in [1.82, 2.24) is 5.32 Å². The van der Waals surface area contributed by atoms with Crippen LogP contribution in [0.4, 0.5) is 0 Å². The molecule has 0 heterocycles. The molecule has 0 aromatic heterocycles. The van der Waals surface area contributed by atoms with Crippen LogP contribution in [0.5, 0.6) is 0 Å². The van der Waals surface area contributed by atoms with Crippen LogP contribution in [0.15, 0.2) is 9.81 Å². The first-order valence-corrected chi connectivity index (χ1v) is 4.44.